The first kappa shape index (κ1) is 20.2. The molecule has 0 unspecified atom stereocenters. The molecule has 0 aliphatic carbocycles. The number of H-pyrrole nitrogens is 1. The molecule has 0 atom stereocenters. The van der Waals surface area contributed by atoms with Gasteiger partial charge in [-0.3, -0.25) is 9.78 Å². The minimum absolute atomic E-state index is 0.296. The van der Waals surface area contributed by atoms with Crippen molar-refractivity contribution >= 4 is 32.5 Å². The van der Waals surface area contributed by atoms with E-state index in [4.69, 9.17) is 0 Å². The van der Waals surface area contributed by atoms with Crippen LogP contribution in [-0.2, 0) is 0 Å². The third kappa shape index (κ3) is 5.43. The van der Waals surface area contributed by atoms with Gasteiger partial charge in [-0.15, -0.1) is 0 Å². The zero-order chi connectivity index (χ0) is 19.1. The molecule has 0 fully saturated rings. The highest BCUT2D eigenvalue weighted by atomic mass is 32.2. The van der Waals surface area contributed by atoms with Crippen molar-refractivity contribution in [3.8, 4) is 0 Å². The van der Waals surface area contributed by atoms with E-state index in [0.29, 0.717) is 23.1 Å². The number of hydrogen-bond acceptors (Lipinski definition) is 4. The molecule has 2 aromatic rings. The Morgan fingerprint density at radius 1 is 1.31 bits per heavy atom. The van der Waals surface area contributed by atoms with Crippen LogP contribution in [0.2, 0.25) is 6.04 Å². The van der Waals surface area contributed by atoms with Gasteiger partial charge >= 0.3 is 11.7 Å². The third-order valence-corrected chi connectivity index (χ3v) is 7.69. The molecule has 1 heterocycles. The average molecular weight is 396 g/mol. The van der Waals surface area contributed by atoms with Gasteiger partial charge in [-0.2, -0.15) is 16.2 Å². The summed E-state index contributed by atoms with van der Waals surface area (Å²) in [5, 5.41) is 4.04. The number of carbonyl (C=O) groups is 1. The molecule has 1 aromatic heterocycles. The molecule has 26 heavy (non-hydrogen) atoms. The van der Waals surface area contributed by atoms with Gasteiger partial charge in [0.05, 0.1) is 15.7 Å². The number of aromatic amines is 1. The lowest BCUT2D eigenvalue weighted by Gasteiger charge is -2.08. The summed E-state index contributed by atoms with van der Waals surface area (Å²) in [5.41, 5.74) is 0.637. The Morgan fingerprint density at radius 3 is 2.85 bits per heavy atom. The van der Waals surface area contributed by atoms with Crippen LogP contribution in [0.25, 0.3) is 0 Å². The fourth-order valence-electron chi connectivity index (χ4n) is 2.46. The number of thioether (sulfide) groups is 1. The summed E-state index contributed by atoms with van der Waals surface area (Å²) >= 11 is 1.73. The summed E-state index contributed by atoms with van der Waals surface area (Å²) in [5.74, 6) is 0.543. The second-order valence-electron chi connectivity index (χ2n) is 5.91. The van der Waals surface area contributed by atoms with Crippen molar-refractivity contribution in [3.63, 3.8) is 0 Å². The van der Waals surface area contributed by atoms with E-state index >= 15 is 0 Å². The van der Waals surface area contributed by atoms with E-state index in [2.05, 4.69) is 37.4 Å². The summed E-state index contributed by atoms with van der Waals surface area (Å²) in [7, 11) is -0.296. The van der Waals surface area contributed by atoms with Gasteiger partial charge in [-0.05, 0) is 36.8 Å². The van der Waals surface area contributed by atoms with Crippen molar-refractivity contribution < 1.29 is 9.18 Å². The van der Waals surface area contributed by atoms with Crippen molar-refractivity contribution in [2.45, 2.75) is 19.9 Å². The molecule has 2 N–H and O–H groups in total. The lowest BCUT2D eigenvalue weighted by Crippen LogP contribution is -2.41. The zero-order valence-corrected chi connectivity index (χ0v) is 17.0. The Balaban J connectivity index is 1.69. The van der Waals surface area contributed by atoms with Crippen LogP contribution in [0.3, 0.4) is 0 Å². The van der Waals surface area contributed by atoms with Crippen LogP contribution in [0, 0.1) is 19.7 Å². The van der Waals surface area contributed by atoms with E-state index in [1.807, 2.05) is 0 Å². The van der Waals surface area contributed by atoms with Crippen LogP contribution in [0.15, 0.2) is 34.0 Å². The van der Waals surface area contributed by atoms with Crippen LogP contribution in [0.5, 0.6) is 0 Å². The van der Waals surface area contributed by atoms with Gasteiger partial charge in [-0.25, -0.2) is 14.2 Å². The van der Waals surface area contributed by atoms with Crippen molar-refractivity contribution in [2.24, 2.45) is 0 Å². The molecule has 9 heteroatoms. The van der Waals surface area contributed by atoms with Crippen molar-refractivity contribution in [1.82, 2.24) is 14.9 Å². The number of aromatic nitrogens is 2. The van der Waals surface area contributed by atoms with Gasteiger partial charge in [0.15, 0.2) is 0 Å². The number of halogens is 1. The smallest absolute Gasteiger partial charge is 0.336 e. The third-order valence-electron chi connectivity index (χ3n) is 4.09. The van der Waals surface area contributed by atoms with E-state index < -0.39 is 23.1 Å². The zero-order valence-electron chi connectivity index (χ0n) is 14.8. The molecular formula is C17H22FN3O3SSi. The summed E-state index contributed by atoms with van der Waals surface area (Å²) in [4.78, 5) is 36.0. The second kappa shape index (κ2) is 9.53. The fraction of sp³-hybridized carbons (Fsp3) is 0.353. The van der Waals surface area contributed by atoms with Gasteiger partial charge in [0.2, 0.25) is 5.82 Å². The van der Waals surface area contributed by atoms with Crippen LogP contribution in [0.1, 0.15) is 11.1 Å². The SMILES string of the molecule is Cc1cccc([SiH2]CCSCCNC(=O)n2cc(F)c(=O)[nH]c2=O)c1C. The molecule has 1 amide bonds. The molecule has 0 saturated heterocycles. The number of amides is 1. The van der Waals surface area contributed by atoms with Crippen molar-refractivity contribution in [1.29, 1.82) is 0 Å². The first-order valence-electron chi connectivity index (χ1n) is 8.32. The fourth-order valence-corrected chi connectivity index (χ4v) is 5.65. The van der Waals surface area contributed by atoms with Crippen LogP contribution in [-0.4, -0.2) is 43.2 Å². The molecular weight excluding hydrogens is 373 g/mol. The van der Waals surface area contributed by atoms with Crippen LogP contribution in [0.4, 0.5) is 9.18 Å². The molecule has 1 aromatic carbocycles. The first-order chi connectivity index (χ1) is 12.4. The Kier molecular flexibility index (Phi) is 7.40. The van der Waals surface area contributed by atoms with E-state index in [-0.39, 0.29) is 9.52 Å². The topological polar surface area (TPSA) is 84.0 Å². The summed E-state index contributed by atoms with van der Waals surface area (Å²) in [6, 6.07) is 6.86. The highest BCUT2D eigenvalue weighted by Gasteiger charge is 2.10. The van der Waals surface area contributed by atoms with Gasteiger partial charge in [0, 0.05) is 12.3 Å². The van der Waals surface area contributed by atoms with Crippen molar-refractivity contribution in [3.05, 3.63) is 62.2 Å². The quantitative estimate of drug-likeness (QED) is 0.528. The number of benzene rings is 1. The lowest BCUT2D eigenvalue weighted by molar-refractivity contribution is 0.241. The maximum atomic E-state index is 13.2. The van der Waals surface area contributed by atoms with Gasteiger partial charge in [0.1, 0.15) is 0 Å². The van der Waals surface area contributed by atoms with Gasteiger partial charge in [-0.1, -0.05) is 23.4 Å². The number of rotatable bonds is 7. The van der Waals surface area contributed by atoms with Gasteiger partial charge < -0.3 is 5.32 Å². The molecule has 0 spiro atoms. The number of nitrogens with one attached hydrogen (secondary N) is 2. The molecule has 6 nitrogen and oxygen atoms in total. The summed E-state index contributed by atoms with van der Waals surface area (Å²) in [6.07, 6.45) is 0.597. The second-order valence-corrected chi connectivity index (χ2v) is 9.11. The Labute approximate surface area is 157 Å². The maximum absolute atomic E-state index is 13.2. The number of carbonyl (C=O) groups excluding carboxylic acids is 1. The largest absolute Gasteiger partial charge is 0.336 e. The van der Waals surface area contributed by atoms with E-state index in [1.165, 1.54) is 22.4 Å². The van der Waals surface area contributed by atoms with Crippen LogP contribution < -0.4 is 21.8 Å². The monoisotopic (exact) mass is 395 g/mol. The highest BCUT2D eigenvalue weighted by Crippen LogP contribution is 2.05. The number of hydrogen-bond donors (Lipinski definition) is 2. The molecule has 0 radical (unpaired) electrons. The molecule has 2 rings (SSSR count). The normalized spacial score (nSPS) is 11.2. The molecule has 0 bridgehead atoms. The predicted molar refractivity (Wildman–Crippen MR) is 106 cm³/mol. The Bertz CT molecular complexity index is 898. The average Bonchev–Trinajstić information content (AvgIpc) is 2.60. The predicted octanol–water partition coefficient (Wildman–Crippen LogP) is 0.496. The Morgan fingerprint density at radius 2 is 2.08 bits per heavy atom. The lowest BCUT2D eigenvalue weighted by atomic mass is 10.1. The highest BCUT2D eigenvalue weighted by molar-refractivity contribution is 7.99. The molecule has 140 valence electrons. The van der Waals surface area contributed by atoms with E-state index in [0.717, 1.165) is 5.75 Å². The number of aryl methyl sites for hydroxylation is 1. The standard InChI is InChI=1S/C17H22FN3O3SSi/c1-11-4-3-5-14(12(11)2)26-9-8-25-7-6-19-16(23)21-10-13(18)15(22)20-17(21)24/h3-5,10H,6-9,26H2,1-2H3,(H,19,23)(H,20,22,24). The van der Waals surface area contributed by atoms with E-state index in [9.17, 15) is 18.8 Å². The number of nitrogens with zero attached hydrogens (tertiary/aromatic N) is 1. The minimum atomic E-state index is -1.18. The van der Waals surface area contributed by atoms with Gasteiger partial charge in [0.25, 0.3) is 5.56 Å². The minimum Gasteiger partial charge on any atom is -0.336 e. The maximum Gasteiger partial charge on any atom is 0.336 e. The summed E-state index contributed by atoms with van der Waals surface area (Å²) < 4.78 is 13.7. The van der Waals surface area contributed by atoms with Crippen molar-refractivity contribution in [2.75, 3.05) is 18.1 Å². The molecule has 0 aliphatic rings. The first-order valence-corrected chi connectivity index (χ1v) is 11.2. The van der Waals surface area contributed by atoms with Crippen LogP contribution >= 0.6 is 11.8 Å². The van der Waals surface area contributed by atoms with E-state index in [1.54, 1.807) is 16.7 Å². The molecule has 0 aliphatic heterocycles. The Hall–Kier alpha value is -2.13. The summed E-state index contributed by atoms with van der Waals surface area (Å²) in [6.45, 7) is 4.66. The molecule has 0 saturated carbocycles.